The molecule has 0 aliphatic rings. The average Bonchev–Trinajstić information content (AvgIpc) is 2.65. The SMILES string of the molecule is COc1ccc(S(=O)(=O)Nc2c(C)nn(C)c2C)cc1. The van der Waals surface area contributed by atoms with Crippen molar-refractivity contribution in [1.82, 2.24) is 9.78 Å². The second kappa shape index (κ2) is 5.16. The Balaban J connectivity index is 2.35. The molecule has 20 heavy (non-hydrogen) atoms. The molecule has 0 aliphatic carbocycles. The molecule has 0 amide bonds. The van der Waals surface area contributed by atoms with Gasteiger partial charge in [0.2, 0.25) is 0 Å². The van der Waals surface area contributed by atoms with Crippen LogP contribution in [0.1, 0.15) is 11.4 Å². The first-order valence-corrected chi connectivity index (χ1v) is 7.50. The zero-order valence-corrected chi connectivity index (χ0v) is 12.7. The van der Waals surface area contributed by atoms with Crippen LogP contribution in [0.5, 0.6) is 5.75 Å². The number of benzene rings is 1. The van der Waals surface area contributed by atoms with E-state index in [0.717, 1.165) is 5.69 Å². The van der Waals surface area contributed by atoms with Crippen molar-refractivity contribution in [3.8, 4) is 5.75 Å². The van der Waals surface area contributed by atoms with Crippen LogP contribution in [0.25, 0.3) is 0 Å². The highest BCUT2D eigenvalue weighted by molar-refractivity contribution is 7.92. The highest BCUT2D eigenvalue weighted by atomic mass is 32.2. The fraction of sp³-hybridized carbons (Fsp3) is 0.308. The minimum atomic E-state index is -3.63. The Morgan fingerprint density at radius 3 is 2.25 bits per heavy atom. The Morgan fingerprint density at radius 2 is 1.80 bits per heavy atom. The van der Waals surface area contributed by atoms with E-state index in [4.69, 9.17) is 4.74 Å². The second-order valence-electron chi connectivity index (χ2n) is 4.45. The van der Waals surface area contributed by atoms with Gasteiger partial charge in [0.1, 0.15) is 5.75 Å². The summed E-state index contributed by atoms with van der Waals surface area (Å²) in [6.07, 6.45) is 0. The van der Waals surface area contributed by atoms with Crippen molar-refractivity contribution in [2.75, 3.05) is 11.8 Å². The van der Waals surface area contributed by atoms with Gasteiger partial charge in [-0.15, -0.1) is 0 Å². The highest BCUT2D eigenvalue weighted by Crippen LogP contribution is 2.23. The van der Waals surface area contributed by atoms with Gasteiger partial charge in [0.15, 0.2) is 0 Å². The van der Waals surface area contributed by atoms with E-state index in [1.807, 2.05) is 6.92 Å². The maximum Gasteiger partial charge on any atom is 0.262 e. The Kier molecular flexibility index (Phi) is 3.71. The van der Waals surface area contributed by atoms with Crippen LogP contribution < -0.4 is 9.46 Å². The van der Waals surface area contributed by atoms with E-state index >= 15 is 0 Å². The molecule has 0 atom stereocenters. The van der Waals surface area contributed by atoms with E-state index in [-0.39, 0.29) is 4.90 Å². The quantitative estimate of drug-likeness (QED) is 0.934. The summed E-state index contributed by atoms with van der Waals surface area (Å²) in [4.78, 5) is 0.181. The summed E-state index contributed by atoms with van der Waals surface area (Å²) >= 11 is 0. The minimum absolute atomic E-state index is 0.181. The molecule has 1 aromatic heterocycles. The van der Waals surface area contributed by atoms with Crippen LogP contribution in [-0.2, 0) is 17.1 Å². The monoisotopic (exact) mass is 295 g/mol. The zero-order valence-electron chi connectivity index (χ0n) is 11.8. The molecule has 0 unspecified atom stereocenters. The van der Waals surface area contributed by atoms with E-state index in [2.05, 4.69) is 9.82 Å². The van der Waals surface area contributed by atoms with E-state index in [1.165, 1.54) is 19.2 Å². The van der Waals surface area contributed by atoms with Crippen molar-refractivity contribution in [2.24, 2.45) is 7.05 Å². The number of ether oxygens (including phenoxy) is 1. The van der Waals surface area contributed by atoms with Crippen LogP contribution in [0.2, 0.25) is 0 Å². The van der Waals surface area contributed by atoms with Crippen molar-refractivity contribution in [1.29, 1.82) is 0 Å². The minimum Gasteiger partial charge on any atom is -0.497 e. The number of rotatable bonds is 4. The van der Waals surface area contributed by atoms with Gasteiger partial charge in [-0.2, -0.15) is 5.10 Å². The van der Waals surface area contributed by atoms with Crippen molar-refractivity contribution in [3.63, 3.8) is 0 Å². The molecule has 0 spiro atoms. The molecule has 0 saturated heterocycles. The number of sulfonamides is 1. The van der Waals surface area contributed by atoms with Crippen LogP contribution in [0, 0.1) is 13.8 Å². The van der Waals surface area contributed by atoms with Crippen molar-refractivity contribution in [2.45, 2.75) is 18.7 Å². The molecule has 0 aliphatic heterocycles. The lowest BCUT2D eigenvalue weighted by Crippen LogP contribution is -2.14. The van der Waals surface area contributed by atoms with Crippen LogP contribution in [0.15, 0.2) is 29.2 Å². The predicted molar refractivity (Wildman–Crippen MR) is 76.5 cm³/mol. The molecular formula is C13H17N3O3S. The number of methoxy groups -OCH3 is 1. The number of hydrogen-bond acceptors (Lipinski definition) is 4. The van der Waals surface area contributed by atoms with E-state index in [9.17, 15) is 8.42 Å². The van der Waals surface area contributed by atoms with Gasteiger partial charge in [-0.05, 0) is 38.1 Å². The summed E-state index contributed by atoms with van der Waals surface area (Å²) in [5.41, 5.74) is 1.92. The van der Waals surface area contributed by atoms with Crippen molar-refractivity contribution in [3.05, 3.63) is 35.7 Å². The third-order valence-corrected chi connectivity index (χ3v) is 4.48. The third kappa shape index (κ3) is 2.62. The summed E-state index contributed by atoms with van der Waals surface area (Å²) < 4.78 is 33.9. The molecule has 2 aromatic rings. The first kappa shape index (κ1) is 14.4. The Morgan fingerprint density at radius 1 is 1.20 bits per heavy atom. The molecular weight excluding hydrogens is 278 g/mol. The fourth-order valence-electron chi connectivity index (χ4n) is 1.87. The standard InChI is InChI=1S/C13H17N3O3S/c1-9-13(10(2)16(3)14-9)15-20(17,18)12-7-5-11(19-4)6-8-12/h5-8,15H,1-4H3. The smallest absolute Gasteiger partial charge is 0.262 e. The lowest BCUT2D eigenvalue weighted by molar-refractivity contribution is 0.414. The summed E-state index contributed by atoms with van der Waals surface area (Å²) in [7, 11) is -0.326. The summed E-state index contributed by atoms with van der Waals surface area (Å²) in [5, 5.41) is 4.19. The van der Waals surface area contributed by atoms with Gasteiger partial charge in [0, 0.05) is 7.05 Å². The number of nitrogens with zero attached hydrogens (tertiary/aromatic N) is 2. The third-order valence-electron chi connectivity index (χ3n) is 3.12. The molecule has 1 heterocycles. The topological polar surface area (TPSA) is 73.2 Å². The van der Waals surface area contributed by atoms with Gasteiger partial charge < -0.3 is 4.74 Å². The number of aryl methyl sites for hydroxylation is 2. The van der Waals surface area contributed by atoms with Crippen LogP contribution in [-0.4, -0.2) is 25.3 Å². The maximum absolute atomic E-state index is 12.3. The number of anilines is 1. The first-order valence-electron chi connectivity index (χ1n) is 6.02. The molecule has 2 rings (SSSR count). The number of aromatic nitrogens is 2. The largest absolute Gasteiger partial charge is 0.497 e. The fourth-order valence-corrected chi connectivity index (χ4v) is 3.05. The normalized spacial score (nSPS) is 11.4. The molecule has 0 saturated carbocycles. The molecule has 6 nitrogen and oxygen atoms in total. The van der Waals surface area contributed by atoms with E-state index in [1.54, 1.807) is 30.8 Å². The Bertz CT molecular complexity index is 718. The molecule has 0 fully saturated rings. The number of nitrogens with one attached hydrogen (secondary N) is 1. The Hall–Kier alpha value is -2.02. The van der Waals surface area contributed by atoms with Gasteiger partial charge in [-0.25, -0.2) is 8.42 Å². The van der Waals surface area contributed by atoms with Gasteiger partial charge in [-0.1, -0.05) is 0 Å². The van der Waals surface area contributed by atoms with Crippen LogP contribution >= 0.6 is 0 Å². The summed E-state index contributed by atoms with van der Waals surface area (Å²) in [6, 6.07) is 6.22. The molecule has 7 heteroatoms. The van der Waals surface area contributed by atoms with Gasteiger partial charge >= 0.3 is 0 Å². The van der Waals surface area contributed by atoms with Gasteiger partial charge in [0.25, 0.3) is 10.0 Å². The highest BCUT2D eigenvalue weighted by Gasteiger charge is 2.19. The summed E-state index contributed by atoms with van der Waals surface area (Å²) in [6.45, 7) is 3.57. The van der Waals surface area contributed by atoms with Crippen LogP contribution in [0.4, 0.5) is 5.69 Å². The zero-order chi connectivity index (χ0) is 14.9. The average molecular weight is 295 g/mol. The van der Waals surface area contributed by atoms with Crippen LogP contribution in [0.3, 0.4) is 0 Å². The van der Waals surface area contributed by atoms with Gasteiger partial charge in [0.05, 0.1) is 29.1 Å². The van der Waals surface area contributed by atoms with Crippen molar-refractivity contribution < 1.29 is 13.2 Å². The number of hydrogen-bond donors (Lipinski definition) is 1. The lowest BCUT2D eigenvalue weighted by atomic mass is 10.3. The van der Waals surface area contributed by atoms with Crippen molar-refractivity contribution >= 4 is 15.7 Å². The molecule has 1 N–H and O–H groups in total. The molecule has 0 radical (unpaired) electrons. The lowest BCUT2D eigenvalue weighted by Gasteiger charge is -2.09. The maximum atomic E-state index is 12.3. The predicted octanol–water partition coefficient (Wildman–Crippen LogP) is 1.85. The second-order valence-corrected chi connectivity index (χ2v) is 6.13. The molecule has 108 valence electrons. The molecule has 0 bridgehead atoms. The van der Waals surface area contributed by atoms with E-state index in [0.29, 0.717) is 17.1 Å². The van der Waals surface area contributed by atoms with E-state index < -0.39 is 10.0 Å². The Labute approximate surface area is 118 Å². The molecule has 1 aromatic carbocycles. The van der Waals surface area contributed by atoms with Gasteiger partial charge in [-0.3, -0.25) is 9.40 Å². The summed E-state index contributed by atoms with van der Waals surface area (Å²) in [5.74, 6) is 0.609. The first-order chi connectivity index (χ1) is 9.35.